The first kappa shape index (κ1) is 17.7. The number of anilines is 1. The standard InChI is InChI=1S/C20H17FN6OS/c21-15-5-3-14(4-6-15)18(28)25-9-11-26(12-10-25)20-23-19-22-8-7-16(27(19)24-20)17-2-1-13-29-17/h1-8,13H,9-12H2. The molecule has 0 atom stereocenters. The summed E-state index contributed by atoms with van der Waals surface area (Å²) < 4.78 is 14.8. The second-order valence-electron chi connectivity index (χ2n) is 6.72. The van der Waals surface area contributed by atoms with Gasteiger partial charge >= 0.3 is 0 Å². The van der Waals surface area contributed by atoms with Gasteiger partial charge in [-0.2, -0.15) is 9.50 Å². The zero-order chi connectivity index (χ0) is 19.8. The Labute approximate surface area is 170 Å². The van der Waals surface area contributed by atoms with E-state index >= 15 is 0 Å². The van der Waals surface area contributed by atoms with Crippen molar-refractivity contribution in [2.75, 3.05) is 31.1 Å². The summed E-state index contributed by atoms with van der Waals surface area (Å²) in [7, 11) is 0. The lowest BCUT2D eigenvalue weighted by Gasteiger charge is -2.34. The van der Waals surface area contributed by atoms with E-state index in [1.54, 1.807) is 26.9 Å². The molecule has 7 nitrogen and oxygen atoms in total. The Morgan fingerprint density at radius 2 is 1.83 bits per heavy atom. The normalized spacial score (nSPS) is 14.5. The fourth-order valence-corrected chi connectivity index (χ4v) is 4.15. The number of carbonyl (C=O) groups excluding carboxylic acids is 1. The predicted molar refractivity (Wildman–Crippen MR) is 109 cm³/mol. The Morgan fingerprint density at radius 1 is 1.03 bits per heavy atom. The van der Waals surface area contributed by atoms with Crippen molar-refractivity contribution in [3.8, 4) is 10.6 Å². The van der Waals surface area contributed by atoms with Crippen molar-refractivity contribution in [3.63, 3.8) is 0 Å². The van der Waals surface area contributed by atoms with Gasteiger partial charge in [0.05, 0.1) is 10.6 Å². The molecule has 0 saturated carbocycles. The first-order valence-corrected chi connectivity index (χ1v) is 10.1. The van der Waals surface area contributed by atoms with Gasteiger partial charge in [0, 0.05) is 37.9 Å². The number of nitrogens with zero attached hydrogens (tertiary/aromatic N) is 6. The van der Waals surface area contributed by atoms with Crippen LogP contribution in [0.15, 0.2) is 54.0 Å². The Balaban J connectivity index is 1.33. The molecule has 146 valence electrons. The van der Waals surface area contributed by atoms with Crippen molar-refractivity contribution >= 4 is 29.0 Å². The number of aromatic nitrogens is 4. The number of benzene rings is 1. The number of hydrogen-bond donors (Lipinski definition) is 0. The van der Waals surface area contributed by atoms with Crippen LogP contribution in [0.25, 0.3) is 16.3 Å². The number of hydrogen-bond acceptors (Lipinski definition) is 6. The Hall–Kier alpha value is -3.33. The summed E-state index contributed by atoms with van der Waals surface area (Å²) in [5, 5.41) is 6.69. The third-order valence-electron chi connectivity index (χ3n) is 4.94. The lowest BCUT2D eigenvalue weighted by molar-refractivity contribution is 0.0746. The summed E-state index contributed by atoms with van der Waals surface area (Å²) in [6.45, 7) is 2.35. The van der Waals surface area contributed by atoms with Crippen LogP contribution in [-0.4, -0.2) is 56.6 Å². The molecule has 0 bridgehead atoms. The van der Waals surface area contributed by atoms with Gasteiger partial charge in [0.2, 0.25) is 5.95 Å². The van der Waals surface area contributed by atoms with Gasteiger partial charge in [-0.3, -0.25) is 4.79 Å². The van der Waals surface area contributed by atoms with Gasteiger partial charge < -0.3 is 9.80 Å². The summed E-state index contributed by atoms with van der Waals surface area (Å²) in [6, 6.07) is 11.6. The molecule has 0 unspecified atom stereocenters. The van der Waals surface area contributed by atoms with Gasteiger partial charge in [-0.25, -0.2) is 9.37 Å². The van der Waals surface area contributed by atoms with Crippen LogP contribution < -0.4 is 4.90 Å². The summed E-state index contributed by atoms with van der Waals surface area (Å²) in [6.07, 6.45) is 1.74. The first-order valence-electron chi connectivity index (χ1n) is 9.24. The quantitative estimate of drug-likeness (QED) is 0.521. The van der Waals surface area contributed by atoms with Gasteiger partial charge in [0.25, 0.3) is 11.7 Å². The largest absolute Gasteiger partial charge is 0.336 e. The predicted octanol–water partition coefficient (Wildman–Crippen LogP) is 2.95. The molecule has 1 aliphatic heterocycles. The van der Waals surface area contributed by atoms with Crippen molar-refractivity contribution in [1.82, 2.24) is 24.5 Å². The maximum absolute atomic E-state index is 13.1. The molecule has 3 aromatic heterocycles. The number of carbonyl (C=O) groups is 1. The first-order chi connectivity index (χ1) is 14.2. The highest BCUT2D eigenvalue weighted by atomic mass is 32.1. The van der Waals surface area contributed by atoms with Gasteiger partial charge in [-0.1, -0.05) is 6.07 Å². The Kier molecular flexibility index (Phi) is 4.44. The lowest BCUT2D eigenvalue weighted by atomic mass is 10.2. The van der Waals surface area contributed by atoms with E-state index in [1.807, 2.05) is 23.6 Å². The monoisotopic (exact) mass is 408 g/mol. The molecule has 4 heterocycles. The van der Waals surface area contributed by atoms with Crippen LogP contribution in [0, 0.1) is 5.82 Å². The van der Waals surface area contributed by atoms with Gasteiger partial charge in [-0.05, 0) is 41.8 Å². The van der Waals surface area contributed by atoms with E-state index < -0.39 is 0 Å². The number of piperazine rings is 1. The molecule has 29 heavy (non-hydrogen) atoms. The number of fused-ring (bicyclic) bond motifs is 1. The van der Waals surface area contributed by atoms with Gasteiger partial charge in [0.15, 0.2) is 0 Å². The molecule has 5 rings (SSSR count). The minimum atomic E-state index is -0.347. The van der Waals surface area contributed by atoms with Crippen LogP contribution in [0.1, 0.15) is 10.4 Å². The SMILES string of the molecule is O=C(c1ccc(F)cc1)N1CCN(c2nc3nccc(-c4cccs4)n3n2)CC1. The van der Waals surface area contributed by atoms with E-state index in [9.17, 15) is 9.18 Å². The Morgan fingerprint density at radius 3 is 2.55 bits per heavy atom. The van der Waals surface area contributed by atoms with Crippen LogP contribution >= 0.6 is 11.3 Å². The molecule has 0 aliphatic carbocycles. The number of amides is 1. The van der Waals surface area contributed by atoms with Gasteiger partial charge in [0.1, 0.15) is 5.82 Å². The topological polar surface area (TPSA) is 66.6 Å². The third kappa shape index (κ3) is 3.33. The maximum Gasteiger partial charge on any atom is 0.254 e. The highest BCUT2D eigenvalue weighted by Gasteiger charge is 2.25. The van der Waals surface area contributed by atoms with E-state index in [0.717, 1.165) is 10.6 Å². The summed E-state index contributed by atoms with van der Waals surface area (Å²) >= 11 is 1.64. The Bertz CT molecular complexity index is 1150. The van der Waals surface area contributed by atoms with Crippen LogP contribution in [0.2, 0.25) is 0 Å². The molecular weight excluding hydrogens is 391 g/mol. The van der Waals surface area contributed by atoms with E-state index in [2.05, 4.69) is 20.0 Å². The van der Waals surface area contributed by atoms with Crippen molar-refractivity contribution in [1.29, 1.82) is 0 Å². The van der Waals surface area contributed by atoms with Gasteiger partial charge in [-0.15, -0.1) is 16.4 Å². The molecule has 4 aromatic rings. The third-order valence-corrected chi connectivity index (χ3v) is 5.84. The second kappa shape index (κ2) is 7.25. The van der Waals surface area contributed by atoms with E-state index in [0.29, 0.717) is 43.5 Å². The minimum Gasteiger partial charge on any atom is -0.336 e. The number of rotatable bonds is 3. The molecule has 1 aliphatic rings. The van der Waals surface area contributed by atoms with Crippen LogP contribution in [0.5, 0.6) is 0 Å². The molecule has 9 heteroatoms. The fourth-order valence-electron chi connectivity index (χ4n) is 3.41. The molecule has 1 saturated heterocycles. The van der Waals surface area contributed by atoms with E-state index in [-0.39, 0.29) is 11.7 Å². The lowest BCUT2D eigenvalue weighted by Crippen LogP contribution is -2.49. The smallest absolute Gasteiger partial charge is 0.254 e. The average Bonchev–Trinajstić information content (AvgIpc) is 3.44. The maximum atomic E-state index is 13.1. The molecule has 1 amide bonds. The summed E-state index contributed by atoms with van der Waals surface area (Å²) in [4.78, 5) is 26.4. The van der Waals surface area contributed by atoms with Crippen molar-refractivity contribution in [2.24, 2.45) is 0 Å². The molecule has 0 N–H and O–H groups in total. The molecule has 0 radical (unpaired) electrons. The molecule has 0 spiro atoms. The zero-order valence-corrected chi connectivity index (χ0v) is 16.2. The summed E-state index contributed by atoms with van der Waals surface area (Å²) in [5.74, 6) is 0.722. The van der Waals surface area contributed by atoms with Crippen LogP contribution in [-0.2, 0) is 0 Å². The molecule has 1 aromatic carbocycles. The van der Waals surface area contributed by atoms with Crippen molar-refractivity contribution < 1.29 is 9.18 Å². The highest BCUT2D eigenvalue weighted by Crippen LogP contribution is 2.25. The summed E-state index contributed by atoms with van der Waals surface area (Å²) in [5.41, 5.74) is 1.45. The second-order valence-corrected chi connectivity index (χ2v) is 7.66. The molecule has 1 fully saturated rings. The highest BCUT2D eigenvalue weighted by molar-refractivity contribution is 7.13. The number of thiophene rings is 1. The molecular formula is C20H17FN6OS. The van der Waals surface area contributed by atoms with E-state index in [4.69, 9.17) is 0 Å². The van der Waals surface area contributed by atoms with Crippen molar-refractivity contribution in [3.05, 3.63) is 65.4 Å². The minimum absolute atomic E-state index is 0.0886. The fraction of sp³-hybridized carbons (Fsp3) is 0.200. The average molecular weight is 408 g/mol. The van der Waals surface area contributed by atoms with Crippen molar-refractivity contribution in [2.45, 2.75) is 0 Å². The van der Waals surface area contributed by atoms with Crippen LogP contribution in [0.4, 0.5) is 10.3 Å². The zero-order valence-electron chi connectivity index (χ0n) is 15.4. The van der Waals surface area contributed by atoms with Crippen LogP contribution in [0.3, 0.4) is 0 Å². The van der Waals surface area contributed by atoms with E-state index in [1.165, 1.54) is 24.3 Å². The number of halogens is 1.